The Morgan fingerprint density at radius 3 is 2.04 bits per heavy atom. The number of aromatic hydroxyl groups is 1. The van der Waals surface area contributed by atoms with Crippen LogP contribution in [0.3, 0.4) is 0 Å². The van der Waals surface area contributed by atoms with Crippen molar-refractivity contribution >= 4 is 84.1 Å². The third kappa shape index (κ3) is 6.76. The zero-order valence-electron chi connectivity index (χ0n) is 22.8. The molecule has 0 fully saturated rings. The Morgan fingerprint density at radius 1 is 0.761 bits per heavy atom. The number of carbonyl (C=O) groups is 2. The largest absolute Gasteiger partial charge is 0.505 e. The van der Waals surface area contributed by atoms with Gasteiger partial charge < -0.3 is 21.1 Å². The number of nitrogens with zero attached hydrogens (tertiary/aromatic N) is 4. The minimum Gasteiger partial charge on any atom is -0.505 e. The van der Waals surface area contributed by atoms with Crippen LogP contribution in [0.25, 0.3) is 21.5 Å². The monoisotopic (exact) mass is 665 g/mol. The molecule has 0 amide bonds. The Morgan fingerprint density at radius 2 is 1.41 bits per heavy atom. The van der Waals surface area contributed by atoms with Crippen LogP contribution in [0.2, 0.25) is 0 Å². The van der Waals surface area contributed by atoms with E-state index in [1.54, 1.807) is 18.2 Å². The quantitative estimate of drug-likeness (QED) is 0.0216. The normalized spacial score (nSPS) is 12.0. The van der Waals surface area contributed by atoms with E-state index in [1.807, 2.05) is 0 Å². The van der Waals surface area contributed by atoms with Gasteiger partial charge in [-0.2, -0.15) is 13.5 Å². The molecule has 16 nitrogen and oxygen atoms in total. The topological polar surface area (TPSA) is 263 Å². The summed E-state index contributed by atoms with van der Waals surface area (Å²) in [5.41, 5.74) is 5.51. The molecule has 0 spiro atoms. The minimum atomic E-state index is -4.67. The van der Waals surface area contributed by atoms with E-state index < -0.39 is 27.0 Å². The van der Waals surface area contributed by atoms with Gasteiger partial charge in [-0.15, -0.1) is 19.7 Å². The van der Waals surface area contributed by atoms with Crippen molar-refractivity contribution < 1.29 is 52.5 Å². The number of phenols is 1. The smallest absolute Gasteiger partial charge is 0.335 e. The van der Waals surface area contributed by atoms with E-state index in [9.17, 15) is 37.9 Å². The standard InChI is InChI=1S/C28H19N5O11S2/c29-16-2-1-13-10-24(45-44-43-39)25(26(34)20(13)11-16)33-32-23-6-5-22(19-4-3-18(12-21(19)23)46(40,41)42)31-30-17-8-14(27(35)36)7-15(9-17)28(37)38/h1-12,34,39H,29H2,(H,35,36)(H,37,38)(H,40,41,42). The fraction of sp³-hybridized carbons (Fsp3) is 0. The van der Waals surface area contributed by atoms with Gasteiger partial charge in [0.25, 0.3) is 10.1 Å². The maximum Gasteiger partial charge on any atom is 0.335 e. The number of carboxylic acid groups (broad SMARTS) is 2. The van der Waals surface area contributed by atoms with Crippen LogP contribution in [-0.2, 0) is 19.5 Å². The van der Waals surface area contributed by atoms with Gasteiger partial charge in [-0.25, -0.2) is 14.8 Å². The van der Waals surface area contributed by atoms with Crippen molar-refractivity contribution in [3.05, 3.63) is 83.9 Å². The fourth-order valence-electron chi connectivity index (χ4n) is 4.33. The highest BCUT2D eigenvalue weighted by molar-refractivity contribution is 7.94. The Bertz CT molecular complexity index is 2190. The molecule has 234 valence electrons. The lowest BCUT2D eigenvalue weighted by Gasteiger charge is -2.10. The summed E-state index contributed by atoms with van der Waals surface area (Å²) in [6, 6.07) is 15.8. The molecule has 0 atom stereocenters. The molecule has 0 heterocycles. The summed E-state index contributed by atoms with van der Waals surface area (Å²) in [4.78, 5) is 22.6. The molecule has 0 radical (unpaired) electrons. The number of anilines is 1. The van der Waals surface area contributed by atoms with Crippen LogP contribution in [0, 0.1) is 0 Å². The van der Waals surface area contributed by atoms with Crippen LogP contribution < -0.4 is 5.73 Å². The van der Waals surface area contributed by atoms with E-state index in [-0.39, 0.29) is 55.3 Å². The minimum absolute atomic E-state index is 0.0443. The van der Waals surface area contributed by atoms with Gasteiger partial charge in [0, 0.05) is 21.8 Å². The average Bonchev–Trinajstić information content (AvgIpc) is 3.02. The molecule has 0 saturated carbocycles. The first-order valence-corrected chi connectivity index (χ1v) is 14.7. The molecule has 0 aliphatic rings. The molecule has 18 heteroatoms. The molecule has 5 rings (SSSR count). The molecule has 0 aliphatic heterocycles. The molecule has 7 N–H and O–H groups in total. The first-order valence-electron chi connectivity index (χ1n) is 12.5. The Labute approximate surface area is 261 Å². The predicted octanol–water partition coefficient (Wildman–Crippen LogP) is 7.18. The first kappa shape index (κ1) is 31.9. The third-order valence-corrected chi connectivity index (χ3v) is 7.88. The van der Waals surface area contributed by atoms with E-state index in [2.05, 4.69) is 29.8 Å². The van der Waals surface area contributed by atoms with Crippen LogP contribution >= 0.6 is 12.0 Å². The predicted molar refractivity (Wildman–Crippen MR) is 163 cm³/mol. The number of phenolic OH excluding ortho intramolecular Hbond substituents is 1. The van der Waals surface area contributed by atoms with Crippen molar-refractivity contribution in [1.29, 1.82) is 0 Å². The highest BCUT2D eigenvalue weighted by atomic mass is 32.2. The zero-order chi connectivity index (χ0) is 33.2. The highest BCUT2D eigenvalue weighted by Gasteiger charge is 2.18. The summed E-state index contributed by atoms with van der Waals surface area (Å²) in [6.07, 6.45) is 0. The second-order valence-electron chi connectivity index (χ2n) is 9.34. The molecule has 46 heavy (non-hydrogen) atoms. The third-order valence-electron chi connectivity index (χ3n) is 6.41. The van der Waals surface area contributed by atoms with Crippen molar-refractivity contribution in [1.82, 2.24) is 0 Å². The van der Waals surface area contributed by atoms with Crippen molar-refractivity contribution in [3.63, 3.8) is 0 Å². The first-order chi connectivity index (χ1) is 21.8. The van der Waals surface area contributed by atoms with Crippen molar-refractivity contribution in [2.75, 3.05) is 5.73 Å². The van der Waals surface area contributed by atoms with Gasteiger partial charge in [-0.1, -0.05) is 17.2 Å². The van der Waals surface area contributed by atoms with Crippen molar-refractivity contribution in [2.45, 2.75) is 9.79 Å². The summed E-state index contributed by atoms with van der Waals surface area (Å²) < 4.78 is 38.1. The number of benzene rings is 5. The molecule has 0 aromatic heterocycles. The number of rotatable bonds is 10. The zero-order valence-corrected chi connectivity index (χ0v) is 24.4. The van der Waals surface area contributed by atoms with E-state index >= 15 is 0 Å². The average molecular weight is 666 g/mol. The van der Waals surface area contributed by atoms with Gasteiger partial charge in [-0.05, 0) is 66.0 Å². The van der Waals surface area contributed by atoms with Gasteiger partial charge >= 0.3 is 11.9 Å². The molecule has 0 saturated heterocycles. The van der Waals surface area contributed by atoms with Crippen molar-refractivity contribution in [3.8, 4) is 5.75 Å². The Balaban J connectivity index is 1.65. The lowest BCUT2D eigenvalue weighted by molar-refractivity contribution is -0.432. The Hall–Kier alpha value is -5.50. The molecular formula is C28H19N5O11S2. The second-order valence-corrected chi connectivity index (χ2v) is 11.5. The van der Waals surface area contributed by atoms with Gasteiger partial charge in [0.15, 0.2) is 5.75 Å². The van der Waals surface area contributed by atoms with E-state index in [1.165, 1.54) is 24.3 Å². The number of nitrogen functional groups attached to an aromatic ring is 1. The lowest BCUT2D eigenvalue weighted by atomic mass is 10.1. The molecule has 0 bridgehead atoms. The van der Waals surface area contributed by atoms with Crippen molar-refractivity contribution in [2.24, 2.45) is 20.5 Å². The van der Waals surface area contributed by atoms with Crippen LogP contribution in [0.4, 0.5) is 28.4 Å². The van der Waals surface area contributed by atoms with Gasteiger partial charge in [0.1, 0.15) is 5.69 Å². The second kappa shape index (κ2) is 12.9. The van der Waals surface area contributed by atoms with Crippen LogP contribution in [-0.4, -0.2) is 45.5 Å². The SMILES string of the molecule is Nc1ccc2cc(SOOO)c(N=Nc3ccc(N=Nc4cc(C(=O)O)cc(C(=O)O)c4)c4ccc(S(=O)(=O)O)cc34)c(O)c2c1. The summed E-state index contributed by atoms with van der Waals surface area (Å²) >= 11 is 0.507. The van der Waals surface area contributed by atoms with Gasteiger partial charge in [0.2, 0.25) is 0 Å². The maximum absolute atomic E-state index is 11.9. The fourth-order valence-corrected chi connectivity index (χ4v) is 5.34. The number of hydrogen-bond acceptors (Lipinski definition) is 14. The molecular weight excluding hydrogens is 646 g/mol. The van der Waals surface area contributed by atoms with Gasteiger partial charge in [0.05, 0.1) is 50.0 Å². The van der Waals surface area contributed by atoms with Crippen LogP contribution in [0.1, 0.15) is 20.7 Å². The number of azo groups is 2. The number of hydrogen-bond donors (Lipinski definition) is 6. The maximum atomic E-state index is 11.9. The lowest BCUT2D eigenvalue weighted by Crippen LogP contribution is -2.01. The van der Waals surface area contributed by atoms with E-state index in [4.69, 9.17) is 11.0 Å². The van der Waals surface area contributed by atoms with Gasteiger partial charge in [-0.3, -0.25) is 4.55 Å². The number of carboxylic acids is 2. The molecule has 0 unspecified atom stereocenters. The molecule has 5 aromatic rings. The van der Waals surface area contributed by atoms with Crippen LogP contribution in [0.15, 0.2) is 103 Å². The highest BCUT2D eigenvalue weighted by Crippen LogP contribution is 2.45. The molecule has 0 aliphatic carbocycles. The number of nitrogens with two attached hydrogens (primary N) is 1. The summed E-state index contributed by atoms with van der Waals surface area (Å²) in [6.45, 7) is 0. The van der Waals surface area contributed by atoms with E-state index in [0.29, 0.717) is 28.5 Å². The Kier molecular flexibility index (Phi) is 8.91. The molecule has 5 aromatic carbocycles. The summed E-state index contributed by atoms with van der Waals surface area (Å²) in [5.74, 6) is -3.11. The number of aromatic carboxylic acids is 2. The summed E-state index contributed by atoms with van der Waals surface area (Å²) in [7, 11) is -4.67. The number of fused-ring (bicyclic) bond motifs is 2. The summed E-state index contributed by atoms with van der Waals surface area (Å²) in [5, 5.41) is 59.7. The van der Waals surface area contributed by atoms with Crippen LogP contribution in [0.5, 0.6) is 5.75 Å². The van der Waals surface area contributed by atoms with E-state index in [0.717, 1.165) is 30.3 Å².